The van der Waals surface area contributed by atoms with E-state index in [2.05, 4.69) is 30.1 Å². The van der Waals surface area contributed by atoms with Crippen molar-refractivity contribution in [3.8, 4) is 0 Å². The molecular formula is C54H69Cl5N6O13. The summed E-state index contributed by atoms with van der Waals surface area (Å²) in [5.41, 5.74) is 8.64. The summed E-state index contributed by atoms with van der Waals surface area (Å²) in [5.74, 6) is -1.34. The first-order valence-corrected chi connectivity index (χ1v) is 24.7. The number of carbonyl (C=O) groups is 8. The third-order valence-corrected chi connectivity index (χ3v) is 9.62. The zero-order chi connectivity index (χ0) is 55.6. The Balaban J connectivity index is -0.000000978. The number of halogens is 5. The SMILES string of the molecule is CCOC(=O)CCC(=O)c1ccc[n+](COC(=O)N[C@@H](C)Cc2ccccc2)c1.CCOC(=O)CCC(=O)c1cccnc1.CCOC(=O)CN.C[C@@H](Cc1ccccc1)NC(=O)OCCl.Cl.Cl.O=C(Cl)c1ccncc1.[Cl-]. The quantitative estimate of drug-likeness (QED) is 0.0185. The molecule has 0 unspecified atom stereocenters. The number of nitrogens with two attached hydrogens (primary N) is 1. The second-order valence-corrected chi connectivity index (χ2v) is 16.0. The van der Waals surface area contributed by atoms with Crippen LogP contribution in [0.1, 0.15) is 103 Å². The lowest BCUT2D eigenvalue weighted by Crippen LogP contribution is -3.00. The maximum atomic E-state index is 12.2. The van der Waals surface area contributed by atoms with Crippen molar-refractivity contribution in [1.29, 1.82) is 0 Å². The number of aromatic nitrogens is 3. The van der Waals surface area contributed by atoms with E-state index in [1.54, 1.807) is 80.3 Å². The molecule has 2 amide bonds. The first-order chi connectivity index (χ1) is 36.0. The highest BCUT2D eigenvalue weighted by molar-refractivity contribution is 6.67. The summed E-state index contributed by atoms with van der Waals surface area (Å²) in [5, 5.41) is 5.02. The van der Waals surface area contributed by atoms with Crippen molar-refractivity contribution in [3.63, 3.8) is 0 Å². The molecule has 0 aliphatic carbocycles. The lowest BCUT2D eigenvalue weighted by molar-refractivity contribution is -0.727. The average Bonchev–Trinajstić information content (AvgIpc) is 3.41. The average molecular weight is 1190 g/mol. The van der Waals surface area contributed by atoms with Gasteiger partial charge in [0.25, 0.3) is 12.0 Å². The Hall–Kier alpha value is -6.74. The molecule has 0 aliphatic heterocycles. The van der Waals surface area contributed by atoms with Crippen molar-refractivity contribution >= 4 is 94.9 Å². The van der Waals surface area contributed by atoms with Gasteiger partial charge in [-0.1, -0.05) is 72.3 Å². The van der Waals surface area contributed by atoms with Gasteiger partial charge in [-0.2, -0.15) is 4.57 Å². The third-order valence-electron chi connectivity index (χ3n) is 9.29. The first kappa shape index (κ1) is 75.5. The lowest BCUT2D eigenvalue weighted by Gasteiger charge is -2.13. The summed E-state index contributed by atoms with van der Waals surface area (Å²) >= 11 is 10.4. The number of pyridine rings is 3. The van der Waals surface area contributed by atoms with Gasteiger partial charge in [-0.15, -0.1) is 24.8 Å². The van der Waals surface area contributed by atoms with Crippen LogP contribution in [0.25, 0.3) is 0 Å². The number of nitrogens with one attached hydrogen (secondary N) is 2. The predicted octanol–water partition coefficient (Wildman–Crippen LogP) is 5.78. The number of alkyl halides is 1. The Morgan fingerprint density at radius 1 is 0.564 bits per heavy atom. The molecule has 0 radical (unpaired) electrons. The van der Waals surface area contributed by atoms with Crippen LogP contribution in [0, 0.1) is 0 Å². The van der Waals surface area contributed by atoms with Crippen molar-refractivity contribution in [3.05, 3.63) is 162 Å². The topological polar surface area (TPSA) is 262 Å². The molecule has 19 nitrogen and oxygen atoms in total. The molecule has 2 aromatic carbocycles. The van der Waals surface area contributed by atoms with E-state index < -0.39 is 23.4 Å². The number of Topliss-reactive ketones (excluding diaryl/α,β-unsaturated/α-hetero) is 2. The number of alkyl carbamates (subject to hydrolysis) is 2. The van der Waals surface area contributed by atoms with Crippen LogP contribution in [-0.4, -0.2) is 101 Å². The van der Waals surface area contributed by atoms with Gasteiger partial charge < -0.3 is 52.5 Å². The van der Waals surface area contributed by atoms with Crippen LogP contribution in [0.5, 0.6) is 0 Å². The van der Waals surface area contributed by atoms with Crippen LogP contribution in [0.4, 0.5) is 9.59 Å². The number of benzene rings is 2. The molecule has 3 aromatic heterocycles. The minimum atomic E-state index is -0.528. The molecular weight excluding hydrogens is 1120 g/mol. The van der Waals surface area contributed by atoms with Crippen LogP contribution < -0.4 is 33.3 Å². The van der Waals surface area contributed by atoms with Crippen molar-refractivity contribution in [2.24, 2.45) is 5.73 Å². The van der Waals surface area contributed by atoms with Gasteiger partial charge in [0, 0.05) is 66.9 Å². The van der Waals surface area contributed by atoms with Gasteiger partial charge in [-0.3, -0.25) is 38.7 Å². The standard InChI is InChI=1S/C22H26N2O5.C11H14ClNO2.C11H13NO3.C6H4ClNO.C4H9NO2.3ClH/c1-3-28-21(26)12-11-20(25)19-10-7-13-24(15-19)16-29-22(27)23-17(2)14-18-8-5-4-6-9-18;1-9(13-11(14)15-8-12)7-10-5-3-2-4-6-10;1-2-15-11(14)6-5-10(13)9-4-3-7-12-8-9;7-6(9)5-1-3-8-4-2-5;1-2-7-4(6)3-5;;;/h4-10,13,15,17H,3,11-12,14,16H2,1-2H3;2-6,9H,7-8H2,1H3,(H,13,14);3-4,7-8H,2,5-6H2,1H3;1-4H;2-3,5H2,1H3;3*1H/t17-;9-;;;;;;/m00....../s1. The predicted molar refractivity (Wildman–Crippen MR) is 295 cm³/mol. The highest BCUT2D eigenvalue weighted by atomic mass is 35.5. The van der Waals surface area contributed by atoms with Crippen LogP contribution in [0.15, 0.2) is 134 Å². The fourth-order valence-electron chi connectivity index (χ4n) is 5.89. The number of hydrogen-bond acceptors (Lipinski definition) is 16. The van der Waals surface area contributed by atoms with Crippen LogP contribution in [-0.2, 0) is 57.6 Å². The summed E-state index contributed by atoms with van der Waals surface area (Å²) in [6.45, 7) is 10.0. The molecule has 0 saturated heterocycles. The molecule has 78 heavy (non-hydrogen) atoms. The van der Waals surface area contributed by atoms with Crippen LogP contribution >= 0.6 is 48.0 Å². The van der Waals surface area contributed by atoms with Crippen molar-refractivity contribution < 1.29 is 79.0 Å². The van der Waals surface area contributed by atoms with Gasteiger partial charge in [0.2, 0.25) is 0 Å². The highest BCUT2D eigenvalue weighted by Crippen LogP contribution is 2.07. The van der Waals surface area contributed by atoms with Gasteiger partial charge in [0.05, 0.1) is 44.8 Å². The van der Waals surface area contributed by atoms with E-state index >= 15 is 0 Å². The summed E-state index contributed by atoms with van der Waals surface area (Å²) in [6, 6.07) is 29.5. The molecule has 0 spiro atoms. The summed E-state index contributed by atoms with van der Waals surface area (Å²) in [6.07, 6.45) is 10.3. The van der Waals surface area contributed by atoms with E-state index in [4.69, 9.17) is 43.1 Å². The Morgan fingerprint density at radius 3 is 1.44 bits per heavy atom. The van der Waals surface area contributed by atoms with Crippen LogP contribution in [0.3, 0.4) is 0 Å². The van der Waals surface area contributed by atoms with Crippen molar-refractivity contribution in [2.45, 2.75) is 92.0 Å². The maximum Gasteiger partial charge on any atom is 0.412 e. The van der Waals surface area contributed by atoms with Gasteiger partial charge in [0.15, 0.2) is 30.0 Å². The molecule has 5 rings (SSSR count). The number of hydrogen-bond donors (Lipinski definition) is 3. The Labute approximate surface area is 484 Å². The molecule has 428 valence electrons. The highest BCUT2D eigenvalue weighted by Gasteiger charge is 2.16. The molecule has 3 heterocycles. The lowest BCUT2D eigenvalue weighted by atomic mass is 10.1. The second-order valence-electron chi connectivity index (χ2n) is 15.4. The Bertz CT molecular complexity index is 2460. The number of ketones is 2. The van der Waals surface area contributed by atoms with E-state index in [1.165, 1.54) is 24.2 Å². The number of esters is 3. The molecule has 0 bridgehead atoms. The van der Waals surface area contributed by atoms with Gasteiger partial charge in [-0.25, -0.2) is 9.59 Å². The van der Waals surface area contributed by atoms with Crippen molar-refractivity contribution in [1.82, 2.24) is 20.6 Å². The number of rotatable bonds is 22. The maximum absolute atomic E-state index is 12.2. The fraction of sp³-hybridized carbons (Fsp3) is 0.352. The van der Waals surface area contributed by atoms with E-state index in [1.807, 2.05) is 74.5 Å². The van der Waals surface area contributed by atoms with E-state index in [0.29, 0.717) is 42.9 Å². The molecule has 0 saturated carbocycles. The van der Waals surface area contributed by atoms with Crippen LogP contribution in [0.2, 0.25) is 0 Å². The number of amides is 2. The molecule has 5 aromatic rings. The first-order valence-electron chi connectivity index (χ1n) is 23.8. The summed E-state index contributed by atoms with van der Waals surface area (Å²) in [7, 11) is 0. The van der Waals surface area contributed by atoms with E-state index in [-0.39, 0.29) is 118 Å². The summed E-state index contributed by atoms with van der Waals surface area (Å²) < 4.78 is 25.4. The minimum Gasteiger partial charge on any atom is -1.00 e. The molecule has 0 aliphatic rings. The van der Waals surface area contributed by atoms with E-state index in [0.717, 1.165) is 12.0 Å². The number of carbonyl (C=O) groups excluding carboxylic acids is 8. The molecule has 24 heteroatoms. The van der Waals surface area contributed by atoms with Gasteiger partial charge >= 0.3 is 30.1 Å². The zero-order valence-electron chi connectivity index (χ0n) is 44.0. The molecule has 2 atom stereocenters. The monoisotopic (exact) mass is 1180 g/mol. The number of ether oxygens (including phenoxy) is 5. The van der Waals surface area contributed by atoms with E-state index in [9.17, 15) is 38.4 Å². The second kappa shape index (κ2) is 47.5. The number of nitrogens with zero attached hydrogens (tertiary/aromatic N) is 3. The van der Waals surface area contributed by atoms with Crippen molar-refractivity contribution in [2.75, 3.05) is 32.4 Å². The smallest absolute Gasteiger partial charge is 0.412 e. The normalized spacial score (nSPS) is 10.2. The molecule has 0 fully saturated rings. The van der Waals surface area contributed by atoms with Gasteiger partial charge in [-0.05, 0) is 101 Å². The molecule has 4 N–H and O–H groups in total. The zero-order valence-corrected chi connectivity index (χ0v) is 47.9. The van der Waals surface area contributed by atoms with Gasteiger partial charge in [0.1, 0.15) is 0 Å². The largest absolute Gasteiger partial charge is 1.00 e. The summed E-state index contributed by atoms with van der Waals surface area (Å²) in [4.78, 5) is 97.1. The fourth-order valence-corrected chi connectivity index (χ4v) is 6.11. The third kappa shape index (κ3) is 37.9. The Kier molecular flexibility index (Phi) is 45.9. The Morgan fingerprint density at radius 2 is 1.03 bits per heavy atom. The minimum absolute atomic E-state index is 0.